The van der Waals surface area contributed by atoms with E-state index in [-0.39, 0.29) is 0 Å². The molecule has 15 heavy (non-hydrogen) atoms. The number of nitriles is 1. The smallest absolute Gasteiger partial charge is 0.140 e. The lowest BCUT2D eigenvalue weighted by molar-refractivity contribution is 0.324. The highest BCUT2D eigenvalue weighted by atomic mass is 15.1. The summed E-state index contributed by atoms with van der Waals surface area (Å²) in [6.45, 7) is 2.52. The molecule has 0 spiro atoms. The molecule has 2 N–H and O–H groups in total. The number of rotatable bonds is 5. The van der Waals surface area contributed by atoms with Crippen molar-refractivity contribution in [2.75, 3.05) is 20.1 Å². The largest absolute Gasteiger partial charge is 0.330 e. The van der Waals surface area contributed by atoms with Crippen LogP contribution in [0.2, 0.25) is 0 Å². The standard InChI is InChI=1S/C11H16N4/c1-15(6-2-4-12)9-10-3-5-14-11(7-10)8-13/h3,5,7H,2,4,6,9,12H2,1H3. The van der Waals surface area contributed by atoms with Crippen LogP contribution >= 0.6 is 0 Å². The summed E-state index contributed by atoms with van der Waals surface area (Å²) in [5.41, 5.74) is 7.02. The molecular formula is C11H16N4. The maximum absolute atomic E-state index is 8.69. The molecule has 0 aromatic carbocycles. The van der Waals surface area contributed by atoms with E-state index < -0.39 is 0 Å². The predicted molar refractivity (Wildman–Crippen MR) is 59.0 cm³/mol. The van der Waals surface area contributed by atoms with Crippen LogP contribution in [-0.4, -0.2) is 30.0 Å². The Bertz CT molecular complexity index is 343. The topological polar surface area (TPSA) is 65.9 Å². The van der Waals surface area contributed by atoms with Gasteiger partial charge in [-0.25, -0.2) is 4.98 Å². The minimum Gasteiger partial charge on any atom is -0.330 e. The molecule has 1 aromatic rings. The summed E-state index contributed by atoms with van der Waals surface area (Å²) in [6, 6.07) is 5.78. The van der Waals surface area contributed by atoms with Crippen molar-refractivity contribution in [2.45, 2.75) is 13.0 Å². The van der Waals surface area contributed by atoms with E-state index in [0.29, 0.717) is 12.2 Å². The van der Waals surface area contributed by atoms with E-state index in [9.17, 15) is 0 Å². The second-order valence-electron chi connectivity index (χ2n) is 3.54. The zero-order valence-corrected chi connectivity index (χ0v) is 8.98. The van der Waals surface area contributed by atoms with Crippen LogP contribution in [-0.2, 0) is 6.54 Å². The third kappa shape index (κ3) is 4.07. The first-order chi connectivity index (χ1) is 7.26. The summed E-state index contributed by atoms with van der Waals surface area (Å²) in [7, 11) is 2.04. The monoisotopic (exact) mass is 204 g/mol. The third-order valence-corrected chi connectivity index (χ3v) is 2.14. The van der Waals surface area contributed by atoms with Crippen molar-refractivity contribution in [2.24, 2.45) is 5.73 Å². The molecule has 0 aliphatic carbocycles. The van der Waals surface area contributed by atoms with E-state index in [1.54, 1.807) is 6.20 Å². The van der Waals surface area contributed by atoms with Gasteiger partial charge in [0.05, 0.1) is 0 Å². The molecule has 0 saturated heterocycles. The highest BCUT2D eigenvalue weighted by molar-refractivity contribution is 5.25. The summed E-state index contributed by atoms with van der Waals surface area (Å²) < 4.78 is 0. The van der Waals surface area contributed by atoms with Gasteiger partial charge in [-0.05, 0) is 44.3 Å². The molecule has 0 saturated carbocycles. The van der Waals surface area contributed by atoms with Crippen LogP contribution in [0.3, 0.4) is 0 Å². The number of hydrogen-bond acceptors (Lipinski definition) is 4. The van der Waals surface area contributed by atoms with Gasteiger partial charge in [-0.15, -0.1) is 0 Å². The number of aromatic nitrogens is 1. The van der Waals surface area contributed by atoms with E-state index in [1.165, 1.54) is 0 Å². The van der Waals surface area contributed by atoms with Crippen LogP contribution in [0, 0.1) is 11.3 Å². The molecular weight excluding hydrogens is 188 g/mol. The molecule has 0 radical (unpaired) electrons. The summed E-state index contributed by atoms with van der Waals surface area (Å²) in [5.74, 6) is 0. The molecule has 0 atom stereocenters. The maximum Gasteiger partial charge on any atom is 0.140 e. The third-order valence-electron chi connectivity index (χ3n) is 2.14. The molecule has 0 bridgehead atoms. The van der Waals surface area contributed by atoms with Crippen molar-refractivity contribution < 1.29 is 0 Å². The van der Waals surface area contributed by atoms with Gasteiger partial charge in [-0.1, -0.05) is 0 Å². The Morgan fingerprint density at radius 2 is 2.40 bits per heavy atom. The molecule has 1 aromatic heterocycles. The average molecular weight is 204 g/mol. The van der Waals surface area contributed by atoms with Gasteiger partial charge in [0.1, 0.15) is 11.8 Å². The molecule has 0 aliphatic rings. The van der Waals surface area contributed by atoms with Crippen molar-refractivity contribution in [1.29, 1.82) is 5.26 Å². The Labute approximate surface area is 90.3 Å². The predicted octanol–water partition coefficient (Wildman–Crippen LogP) is 0.734. The summed E-state index contributed by atoms with van der Waals surface area (Å²) in [4.78, 5) is 6.11. The second kappa shape index (κ2) is 6.12. The van der Waals surface area contributed by atoms with Gasteiger partial charge in [0.25, 0.3) is 0 Å². The van der Waals surface area contributed by atoms with Crippen molar-refractivity contribution >= 4 is 0 Å². The Kier molecular flexibility index (Phi) is 4.75. The Morgan fingerprint density at radius 1 is 1.60 bits per heavy atom. The van der Waals surface area contributed by atoms with Crippen molar-refractivity contribution in [3.63, 3.8) is 0 Å². The SMILES string of the molecule is CN(CCCN)Cc1ccnc(C#N)c1. The van der Waals surface area contributed by atoms with Crippen LogP contribution < -0.4 is 5.73 Å². The van der Waals surface area contributed by atoms with E-state index in [2.05, 4.69) is 9.88 Å². The highest BCUT2D eigenvalue weighted by Crippen LogP contribution is 2.04. The second-order valence-corrected chi connectivity index (χ2v) is 3.54. The molecule has 80 valence electrons. The maximum atomic E-state index is 8.69. The molecule has 0 aliphatic heterocycles. The number of nitrogens with two attached hydrogens (primary N) is 1. The van der Waals surface area contributed by atoms with Crippen molar-refractivity contribution in [3.05, 3.63) is 29.6 Å². The van der Waals surface area contributed by atoms with Gasteiger partial charge in [0.2, 0.25) is 0 Å². The number of hydrogen-bond donors (Lipinski definition) is 1. The first kappa shape index (κ1) is 11.6. The fourth-order valence-electron chi connectivity index (χ4n) is 1.39. The lowest BCUT2D eigenvalue weighted by Gasteiger charge is -2.15. The molecule has 0 fully saturated rings. The molecule has 1 heterocycles. The zero-order chi connectivity index (χ0) is 11.1. The summed E-state index contributed by atoms with van der Waals surface area (Å²) >= 11 is 0. The summed E-state index contributed by atoms with van der Waals surface area (Å²) in [6.07, 6.45) is 2.66. The molecule has 0 amide bonds. The van der Waals surface area contributed by atoms with Gasteiger partial charge in [-0.3, -0.25) is 0 Å². The Hall–Kier alpha value is -1.44. The van der Waals surface area contributed by atoms with Crippen LogP contribution in [0.15, 0.2) is 18.3 Å². The van der Waals surface area contributed by atoms with Gasteiger partial charge in [-0.2, -0.15) is 5.26 Å². The van der Waals surface area contributed by atoms with E-state index in [0.717, 1.165) is 25.1 Å². The van der Waals surface area contributed by atoms with Crippen LogP contribution in [0.1, 0.15) is 17.7 Å². The molecule has 0 unspecified atom stereocenters. The van der Waals surface area contributed by atoms with Gasteiger partial charge in [0.15, 0.2) is 0 Å². The quantitative estimate of drug-likeness (QED) is 0.768. The van der Waals surface area contributed by atoms with Gasteiger partial charge in [0, 0.05) is 12.7 Å². The fourth-order valence-corrected chi connectivity index (χ4v) is 1.39. The fraction of sp³-hybridized carbons (Fsp3) is 0.455. The first-order valence-corrected chi connectivity index (χ1v) is 5.00. The lowest BCUT2D eigenvalue weighted by Crippen LogP contribution is -2.21. The Balaban J connectivity index is 2.53. The minimum absolute atomic E-state index is 0.472. The van der Waals surface area contributed by atoms with Crippen molar-refractivity contribution in [1.82, 2.24) is 9.88 Å². The van der Waals surface area contributed by atoms with E-state index >= 15 is 0 Å². The van der Waals surface area contributed by atoms with Crippen LogP contribution in [0.5, 0.6) is 0 Å². The number of pyridine rings is 1. The van der Waals surface area contributed by atoms with Crippen LogP contribution in [0.4, 0.5) is 0 Å². The zero-order valence-electron chi connectivity index (χ0n) is 8.98. The minimum atomic E-state index is 0.472. The highest BCUT2D eigenvalue weighted by Gasteiger charge is 2.01. The van der Waals surface area contributed by atoms with E-state index in [1.807, 2.05) is 25.2 Å². The molecule has 1 rings (SSSR count). The average Bonchev–Trinajstić information content (AvgIpc) is 2.26. The van der Waals surface area contributed by atoms with Gasteiger partial charge < -0.3 is 10.6 Å². The van der Waals surface area contributed by atoms with Crippen LogP contribution in [0.25, 0.3) is 0 Å². The first-order valence-electron chi connectivity index (χ1n) is 5.00. The molecule has 4 heteroatoms. The number of nitrogens with zero attached hydrogens (tertiary/aromatic N) is 3. The Morgan fingerprint density at radius 3 is 3.07 bits per heavy atom. The lowest BCUT2D eigenvalue weighted by atomic mass is 10.2. The van der Waals surface area contributed by atoms with Gasteiger partial charge >= 0.3 is 0 Å². The normalized spacial score (nSPS) is 10.3. The summed E-state index contributed by atoms with van der Waals surface area (Å²) in [5, 5.41) is 8.69. The molecule has 4 nitrogen and oxygen atoms in total. The van der Waals surface area contributed by atoms with E-state index in [4.69, 9.17) is 11.0 Å². The van der Waals surface area contributed by atoms with Crippen molar-refractivity contribution in [3.8, 4) is 6.07 Å².